The summed E-state index contributed by atoms with van der Waals surface area (Å²) in [5, 5.41) is 4.93. The number of halogens is 1. The Morgan fingerprint density at radius 2 is 1.97 bits per heavy atom. The van der Waals surface area contributed by atoms with Gasteiger partial charge in [-0.2, -0.15) is 5.10 Å². The second kappa shape index (κ2) is 8.12. The number of carbonyl (C=O) groups is 2. The first-order valence-corrected chi connectivity index (χ1v) is 10.2. The summed E-state index contributed by atoms with van der Waals surface area (Å²) in [6.45, 7) is 9.34. The molecule has 3 rings (SSSR count). The molecule has 2 aromatic rings. The minimum atomic E-state index is -0.836. The van der Waals surface area contributed by atoms with Crippen LogP contribution in [-0.2, 0) is 11.8 Å². The van der Waals surface area contributed by atoms with Gasteiger partial charge >= 0.3 is 6.09 Å². The zero-order valence-corrected chi connectivity index (χ0v) is 18.2. The minimum absolute atomic E-state index is 0.0558. The van der Waals surface area contributed by atoms with Gasteiger partial charge in [0, 0.05) is 44.3 Å². The van der Waals surface area contributed by atoms with Gasteiger partial charge in [-0.3, -0.25) is 9.48 Å². The first kappa shape index (κ1) is 21.9. The maximum Gasteiger partial charge on any atom is 0.410 e. The molecule has 2 heterocycles. The lowest BCUT2D eigenvalue weighted by atomic mass is 10.0. The Balaban J connectivity index is 1.81. The number of nitrogens with two attached hydrogens (primary N) is 1. The SMILES string of the molecule is CCN(C(=O)OC(C)(C)C)C1CCN(c2cc(F)c(C(N)=O)c3nn(C)cc23)CC1. The van der Waals surface area contributed by atoms with Crippen molar-refractivity contribution in [2.45, 2.75) is 52.2 Å². The van der Waals surface area contributed by atoms with Crippen LogP contribution < -0.4 is 10.6 Å². The number of amides is 2. The Morgan fingerprint density at radius 1 is 1.33 bits per heavy atom. The average molecular weight is 420 g/mol. The monoisotopic (exact) mass is 419 g/mol. The molecule has 9 heteroatoms. The maximum atomic E-state index is 14.7. The summed E-state index contributed by atoms with van der Waals surface area (Å²) in [6, 6.07) is 1.41. The van der Waals surface area contributed by atoms with Crippen molar-refractivity contribution >= 4 is 28.6 Å². The second-order valence-electron chi connectivity index (χ2n) is 8.67. The van der Waals surface area contributed by atoms with Gasteiger partial charge in [0.05, 0.1) is 5.69 Å². The Labute approximate surface area is 175 Å². The van der Waals surface area contributed by atoms with Crippen molar-refractivity contribution in [1.82, 2.24) is 14.7 Å². The van der Waals surface area contributed by atoms with Crippen molar-refractivity contribution in [3.05, 3.63) is 23.6 Å². The number of ether oxygens (including phenoxy) is 1. The Morgan fingerprint density at radius 3 is 2.50 bits per heavy atom. The third kappa shape index (κ3) is 4.34. The number of nitrogens with zero attached hydrogens (tertiary/aromatic N) is 4. The first-order chi connectivity index (χ1) is 14.0. The molecule has 0 saturated carbocycles. The fraction of sp³-hybridized carbons (Fsp3) is 0.571. The number of carbonyl (C=O) groups excluding carboxylic acids is 2. The molecular formula is C21H30FN5O3. The van der Waals surface area contributed by atoms with E-state index in [1.165, 1.54) is 6.07 Å². The maximum absolute atomic E-state index is 14.7. The van der Waals surface area contributed by atoms with Crippen LogP contribution >= 0.6 is 0 Å². The lowest BCUT2D eigenvalue weighted by molar-refractivity contribution is 0.0149. The van der Waals surface area contributed by atoms with Crippen LogP contribution in [0.2, 0.25) is 0 Å². The molecule has 30 heavy (non-hydrogen) atoms. The Hall–Kier alpha value is -2.84. The van der Waals surface area contributed by atoms with Gasteiger partial charge in [0.15, 0.2) is 0 Å². The van der Waals surface area contributed by atoms with Crippen LogP contribution in [0, 0.1) is 5.82 Å². The molecule has 164 valence electrons. The fourth-order valence-corrected chi connectivity index (χ4v) is 4.02. The smallest absolute Gasteiger partial charge is 0.410 e. The van der Waals surface area contributed by atoms with Crippen molar-refractivity contribution in [2.75, 3.05) is 24.5 Å². The third-order valence-corrected chi connectivity index (χ3v) is 5.30. The van der Waals surface area contributed by atoms with E-state index in [4.69, 9.17) is 10.5 Å². The van der Waals surface area contributed by atoms with Gasteiger partial charge in [0.2, 0.25) is 0 Å². The quantitative estimate of drug-likeness (QED) is 0.822. The van der Waals surface area contributed by atoms with Crippen molar-refractivity contribution < 1.29 is 18.7 Å². The van der Waals surface area contributed by atoms with E-state index in [2.05, 4.69) is 10.00 Å². The lowest BCUT2D eigenvalue weighted by Crippen LogP contribution is -2.48. The molecule has 1 saturated heterocycles. The number of rotatable bonds is 4. The number of primary amides is 1. The van der Waals surface area contributed by atoms with Gasteiger partial charge in [-0.1, -0.05) is 0 Å². The second-order valence-corrected chi connectivity index (χ2v) is 8.67. The summed E-state index contributed by atoms with van der Waals surface area (Å²) in [4.78, 5) is 28.1. The summed E-state index contributed by atoms with van der Waals surface area (Å²) in [6.07, 6.45) is 2.92. The topological polar surface area (TPSA) is 93.7 Å². The van der Waals surface area contributed by atoms with E-state index in [0.29, 0.717) is 30.7 Å². The van der Waals surface area contributed by atoms with Crippen molar-refractivity contribution in [1.29, 1.82) is 0 Å². The number of fused-ring (bicyclic) bond motifs is 1. The number of benzene rings is 1. The summed E-state index contributed by atoms with van der Waals surface area (Å²) >= 11 is 0. The largest absolute Gasteiger partial charge is 0.444 e. The molecule has 2 N–H and O–H groups in total. The molecule has 0 spiro atoms. The van der Waals surface area contributed by atoms with Gasteiger partial charge in [0.25, 0.3) is 5.91 Å². The van der Waals surface area contributed by atoms with E-state index in [-0.39, 0.29) is 23.2 Å². The molecule has 2 amide bonds. The summed E-state index contributed by atoms with van der Waals surface area (Å²) in [5.74, 6) is -1.51. The number of piperidine rings is 1. The van der Waals surface area contributed by atoms with Crippen molar-refractivity contribution in [2.24, 2.45) is 12.8 Å². The minimum Gasteiger partial charge on any atom is -0.444 e. The molecule has 0 atom stereocenters. The molecule has 1 aromatic carbocycles. The normalized spacial score (nSPS) is 15.5. The molecule has 0 aliphatic carbocycles. The number of anilines is 1. The van der Waals surface area contributed by atoms with E-state index < -0.39 is 17.3 Å². The highest BCUT2D eigenvalue weighted by Crippen LogP contribution is 2.33. The van der Waals surface area contributed by atoms with Gasteiger partial charge in [-0.05, 0) is 46.6 Å². The summed E-state index contributed by atoms with van der Waals surface area (Å²) in [5.41, 5.74) is 5.58. The molecule has 1 aliphatic rings. The van der Waals surface area contributed by atoms with Crippen molar-refractivity contribution in [3.8, 4) is 0 Å². The van der Waals surface area contributed by atoms with Crippen LogP contribution in [0.5, 0.6) is 0 Å². The van der Waals surface area contributed by atoms with Crippen LogP contribution in [0.3, 0.4) is 0 Å². The predicted octanol–water partition coefficient (Wildman–Crippen LogP) is 3.04. The molecule has 1 fully saturated rings. The van der Waals surface area contributed by atoms with Crippen LogP contribution in [0.1, 0.15) is 50.9 Å². The van der Waals surface area contributed by atoms with E-state index >= 15 is 0 Å². The molecule has 0 radical (unpaired) electrons. The highest BCUT2D eigenvalue weighted by Gasteiger charge is 2.31. The number of aryl methyl sites for hydroxylation is 1. The number of hydrogen-bond donors (Lipinski definition) is 1. The highest BCUT2D eigenvalue weighted by molar-refractivity contribution is 6.08. The van der Waals surface area contributed by atoms with E-state index in [0.717, 1.165) is 12.8 Å². The average Bonchev–Trinajstić information content (AvgIpc) is 3.01. The van der Waals surface area contributed by atoms with Crippen LogP contribution in [0.4, 0.5) is 14.9 Å². The van der Waals surface area contributed by atoms with E-state index in [9.17, 15) is 14.0 Å². The number of hydrogen-bond acceptors (Lipinski definition) is 5. The zero-order valence-electron chi connectivity index (χ0n) is 18.2. The van der Waals surface area contributed by atoms with Crippen LogP contribution in [-0.4, -0.2) is 58.0 Å². The Bertz CT molecular complexity index is 958. The lowest BCUT2D eigenvalue weighted by Gasteiger charge is -2.39. The number of aromatic nitrogens is 2. The van der Waals surface area contributed by atoms with Gasteiger partial charge in [-0.25, -0.2) is 9.18 Å². The first-order valence-electron chi connectivity index (χ1n) is 10.2. The Kier molecular flexibility index (Phi) is 5.92. The molecular weight excluding hydrogens is 389 g/mol. The highest BCUT2D eigenvalue weighted by atomic mass is 19.1. The van der Waals surface area contributed by atoms with E-state index in [1.54, 1.807) is 22.8 Å². The fourth-order valence-electron chi connectivity index (χ4n) is 4.02. The van der Waals surface area contributed by atoms with Gasteiger partial charge < -0.3 is 20.3 Å². The van der Waals surface area contributed by atoms with Gasteiger partial charge in [0.1, 0.15) is 22.5 Å². The summed E-state index contributed by atoms with van der Waals surface area (Å²) < 4.78 is 21.8. The molecule has 0 unspecified atom stereocenters. The molecule has 8 nitrogen and oxygen atoms in total. The van der Waals surface area contributed by atoms with Gasteiger partial charge in [-0.15, -0.1) is 0 Å². The standard InChI is InChI=1S/C21H30FN5O3/c1-6-27(20(29)30-21(2,3)4)13-7-9-26(10-8-13)16-11-15(22)17(19(23)28)18-14(16)12-25(5)24-18/h11-13H,6-10H2,1-5H3,(H2,23,28). The van der Waals surface area contributed by atoms with Crippen LogP contribution in [0.25, 0.3) is 10.9 Å². The summed E-state index contributed by atoms with van der Waals surface area (Å²) in [7, 11) is 1.72. The zero-order chi connectivity index (χ0) is 22.2. The van der Waals surface area contributed by atoms with Crippen molar-refractivity contribution in [3.63, 3.8) is 0 Å². The van der Waals surface area contributed by atoms with Crippen LogP contribution in [0.15, 0.2) is 12.3 Å². The molecule has 0 bridgehead atoms. The third-order valence-electron chi connectivity index (χ3n) is 5.30. The predicted molar refractivity (Wildman–Crippen MR) is 113 cm³/mol. The molecule has 1 aromatic heterocycles. The van der Waals surface area contributed by atoms with E-state index in [1.807, 2.05) is 27.7 Å². The molecule has 1 aliphatic heterocycles.